The van der Waals surface area contributed by atoms with Crippen LogP contribution in [0.5, 0.6) is 0 Å². The highest BCUT2D eigenvalue weighted by atomic mass is 16.7. The molecular weight excluding hydrogens is 1420 g/mol. The van der Waals surface area contributed by atoms with E-state index in [4.69, 9.17) is 53.3 Å². The molecule has 0 aromatic heterocycles. The van der Waals surface area contributed by atoms with E-state index in [1.54, 1.807) is 0 Å². The van der Waals surface area contributed by atoms with Crippen molar-refractivity contribution in [3.05, 3.63) is 0 Å². The van der Waals surface area contributed by atoms with E-state index in [2.05, 4.69) is 63.8 Å². The number of carbonyl (C=O) groups is 17. The van der Waals surface area contributed by atoms with Gasteiger partial charge in [0.05, 0.1) is 38.1 Å². The fraction of sp³-hybridized carbons (Fsp3) is 0.721. The molecule has 0 saturated carbocycles. The van der Waals surface area contributed by atoms with E-state index in [9.17, 15) is 112 Å². The average Bonchev–Trinajstić information content (AvgIpc) is 0.774. The number of carboxylic acid groups (broad SMARTS) is 1. The van der Waals surface area contributed by atoms with Gasteiger partial charge in [0.25, 0.3) is 0 Å². The number of unbranched alkanes of at least 4 members (excludes halogenated alkanes) is 2. The molecule has 2 aliphatic heterocycles. The molecule has 0 aromatic carbocycles. The molecule has 2 rings (SSSR count). The van der Waals surface area contributed by atoms with Gasteiger partial charge in [0.15, 0.2) is 12.6 Å². The molecule has 106 heavy (non-hydrogen) atoms. The van der Waals surface area contributed by atoms with Gasteiger partial charge in [-0.2, -0.15) is 0 Å². The van der Waals surface area contributed by atoms with Crippen LogP contribution in [0.3, 0.4) is 0 Å². The maximum atomic E-state index is 13.7. The van der Waals surface area contributed by atoms with Crippen LogP contribution >= 0.6 is 0 Å². The Bertz CT molecular complexity index is 3080. The Labute approximate surface area is 607 Å². The number of nitrogens with one attached hydrogen (secondary N) is 12. The minimum atomic E-state index is -1.95. The number of carboxylic acids is 1. The fourth-order valence-corrected chi connectivity index (χ4v) is 10.3. The first-order valence-corrected chi connectivity index (χ1v) is 33.8. The second-order valence-electron chi connectivity index (χ2n) is 25.4. The number of rotatable bonds is 47. The molecule has 0 bridgehead atoms. The molecule has 2 fully saturated rings. The standard InChI is InChI=1S/C61H104N18O27/c1-24(62)53(94)77-32(50(65)91)14-16-39(84)75-34(12-8-10-18-68-41(86)20-31(63)49(64)90)57(98)71-26(3)55(96)79-36(52(67)93)21-42(87)69-19-11-9-13-35(58(99)72-27(4)59(100)101)76-40(85)17-15-33(51(66)92)78-54(95)25(2)70-56(97)28(5)103-48-44(74-30(7)83)60(102)104-38(23-81)47(48)106-61-43(73-29(6)82)46(89)45(88)37(22-80)105-61/h24-28,31-38,43-48,60-61,80-81,88-89,102H,8-23,62-63H2,1-7H3,(H2,64,90)(H2,65,91)(H2,66,92)(H2,67,93)(H,68,86)(H,69,87)(H,70,97)(H,71,98)(H,72,99)(H,73,82)(H,74,83)(H,75,84)(H,76,85)(H,77,94)(H,78,95)(H,79,96)(H,100,101). The van der Waals surface area contributed by atoms with Crippen LogP contribution in [0.1, 0.15) is 126 Å². The molecule has 2 saturated heterocycles. The van der Waals surface area contributed by atoms with Gasteiger partial charge in [-0.3, -0.25) is 81.5 Å². The second-order valence-corrected chi connectivity index (χ2v) is 25.4. The summed E-state index contributed by atoms with van der Waals surface area (Å²) in [7, 11) is 0. The van der Waals surface area contributed by atoms with Crippen molar-refractivity contribution in [3.8, 4) is 0 Å². The molecule has 45 heteroatoms. The normalized spacial score (nSPS) is 22.9. The number of ether oxygens (including phenoxy) is 4. The number of aliphatic hydroxyl groups is 5. The first-order valence-electron chi connectivity index (χ1n) is 33.8. The fourth-order valence-electron chi connectivity index (χ4n) is 10.3. The Kier molecular flexibility index (Phi) is 40.0. The molecule has 2 aliphatic rings. The van der Waals surface area contributed by atoms with Crippen LogP contribution < -0.4 is 98.2 Å². The van der Waals surface area contributed by atoms with Gasteiger partial charge in [0, 0.05) is 39.8 Å². The summed E-state index contributed by atoms with van der Waals surface area (Å²) in [6.45, 7) is 6.22. The van der Waals surface area contributed by atoms with Crippen molar-refractivity contribution in [2.45, 2.75) is 253 Å². The lowest BCUT2D eigenvalue weighted by Gasteiger charge is -2.48. The Morgan fingerprint density at radius 3 is 1.31 bits per heavy atom. The lowest BCUT2D eigenvalue weighted by atomic mass is 9.94. The van der Waals surface area contributed by atoms with Gasteiger partial charge in [-0.25, -0.2) is 0 Å². The molecule has 45 nitrogen and oxygen atoms in total. The van der Waals surface area contributed by atoms with Gasteiger partial charge in [0.1, 0.15) is 103 Å². The third-order valence-electron chi connectivity index (χ3n) is 16.4. The molecule has 2 heterocycles. The highest BCUT2D eigenvalue weighted by Gasteiger charge is 2.53. The first kappa shape index (κ1) is 92.6. The number of nitrogens with two attached hydrogens (primary N) is 6. The van der Waals surface area contributed by atoms with Gasteiger partial charge in [-0.15, -0.1) is 0 Å². The van der Waals surface area contributed by atoms with E-state index in [1.807, 2.05) is 0 Å². The van der Waals surface area contributed by atoms with Gasteiger partial charge in [-0.05, 0) is 86.0 Å². The lowest BCUT2D eigenvalue weighted by Crippen LogP contribution is -2.70. The van der Waals surface area contributed by atoms with Crippen molar-refractivity contribution in [1.82, 2.24) is 63.8 Å². The Morgan fingerprint density at radius 1 is 0.443 bits per heavy atom. The number of aliphatic hydroxyl groups excluding tert-OH is 5. The minimum absolute atomic E-state index is 0.0369. The van der Waals surface area contributed by atoms with Crippen LogP contribution in [-0.2, 0) is 100 Å². The lowest BCUT2D eigenvalue weighted by molar-refractivity contribution is -0.333. The summed E-state index contributed by atoms with van der Waals surface area (Å²) >= 11 is 0. The van der Waals surface area contributed by atoms with Crippen LogP contribution in [0, 0.1) is 0 Å². The molecule has 0 aromatic rings. The summed E-state index contributed by atoms with van der Waals surface area (Å²) in [6, 6.07) is -17.3. The Morgan fingerprint density at radius 2 is 0.877 bits per heavy atom. The topological polar surface area (TPSA) is 749 Å². The van der Waals surface area contributed by atoms with E-state index in [0.717, 1.165) is 27.7 Å². The predicted molar refractivity (Wildman–Crippen MR) is 360 cm³/mol. The SMILES string of the molecule is CC(=O)NC1C(OC2C(CO)OC(O)C(NC(C)=O)C2OC(C)C(=O)NC(C)C(=O)NC(CCC(=O)NC(CCCCNC(=O)CC(NC(=O)C(C)NC(=O)C(CCCCNC(=O)CC(N)C(N)=O)NC(=O)CCC(NC(=O)C(C)N)C(N)=O)C(N)=O)C(=O)NC(C)C(=O)O)C(N)=O)OC(CO)C(O)C1O. The van der Waals surface area contributed by atoms with E-state index in [0.29, 0.717) is 0 Å². The van der Waals surface area contributed by atoms with Crippen molar-refractivity contribution in [3.63, 3.8) is 0 Å². The summed E-state index contributed by atoms with van der Waals surface area (Å²) < 4.78 is 23.3. The molecular formula is C61H104N18O27. The number of amides is 16. The quantitative estimate of drug-likeness (QED) is 0.0252. The highest BCUT2D eigenvalue weighted by molar-refractivity contribution is 5.97. The maximum Gasteiger partial charge on any atom is 0.325 e. The summed E-state index contributed by atoms with van der Waals surface area (Å²) in [5.41, 5.74) is 32.6. The molecule has 16 amide bonds. The van der Waals surface area contributed by atoms with E-state index < -0.39 is 274 Å². The number of primary amides is 4. The summed E-state index contributed by atoms with van der Waals surface area (Å²) in [6.07, 6.45) is -18.2. The number of hydrogen-bond acceptors (Lipinski definition) is 28. The molecule has 21 unspecified atom stereocenters. The summed E-state index contributed by atoms with van der Waals surface area (Å²) in [5, 5.41) is 90.6. The van der Waals surface area contributed by atoms with Crippen LogP contribution in [-0.4, -0.2) is 285 Å². The van der Waals surface area contributed by atoms with Crippen LogP contribution in [0.15, 0.2) is 0 Å². The van der Waals surface area contributed by atoms with E-state index in [-0.39, 0.29) is 58.0 Å². The Balaban J connectivity index is 2.12. The van der Waals surface area contributed by atoms with E-state index >= 15 is 0 Å². The highest BCUT2D eigenvalue weighted by Crippen LogP contribution is 2.31. The van der Waals surface area contributed by atoms with Crippen molar-refractivity contribution in [1.29, 1.82) is 0 Å². The van der Waals surface area contributed by atoms with Crippen LogP contribution in [0.25, 0.3) is 0 Å². The maximum absolute atomic E-state index is 13.7. The second kappa shape index (κ2) is 45.8. The third-order valence-corrected chi connectivity index (χ3v) is 16.4. The number of carbonyl (C=O) groups excluding carboxylic acids is 16. The summed E-state index contributed by atoms with van der Waals surface area (Å²) in [4.78, 5) is 216. The van der Waals surface area contributed by atoms with Crippen molar-refractivity contribution in [2.24, 2.45) is 34.4 Å². The van der Waals surface area contributed by atoms with Crippen molar-refractivity contribution in [2.75, 3.05) is 26.3 Å². The minimum Gasteiger partial charge on any atom is -0.480 e. The molecule has 0 radical (unpaired) electrons. The third kappa shape index (κ3) is 32.1. The largest absolute Gasteiger partial charge is 0.480 e. The molecule has 21 atom stereocenters. The monoisotopic (exact) mass is 1520 g/mol. The number of aliphatic carboxylic acids is 1. The molecule has 600 valence electrons. The van der Waals surface area contributed by atoms with Gasteiger partial charge in [0.2, 0.25) is 94.5 Å². The van der Waals surface area contributed by atoms with Gasteiger partial charge in [-0.1, -0.05) is 0 Å². The van der Waals surface area contributed by atoms with Gasteiger partial charge >= 0.3 is 5.97 Å². The van der Waals surface area contributed by atoms with Crippen molar-refractivity contribution < 1.29 is 131 Å². The zero-order valence-electron chi connectivity index (χ0n) is 59.7. The van der Waals surface area contributed by atoms with Gasteiger partial charge < -0.3 is 148 Å². The van der Waals surface area contributed by atoms with Crippen LogP contribution in [0.4, 0.5) is 0 Å². The number of hydrogen-bond donors (Lipinski definition) is 24. The van der Waals surface area contributed by atoms with E-state index in [1.165, 1.54) is 20.8 Å². The molecule has 30 N–H and O–H groups in total. The first-order chi connectivity index (χ1) is 49.5. The Hall–Kier alpha value is -9.45. The van der Waals surface area contributed by atoms with Crippen molar-refractivity contribution >= 4 is 100 Å². The predicted octanol–water partition coefficient (Wildman–Crippen LogP) is -13.1. The smallest absolute Gasteiger partial charge is 0.325 e. The van der Waals surface area contributed by atoms with Crippen LogP contribution in [0.2, 0.25) is 0 Å². The molecule has 0 aliphatic carbocycles. The zero-order chi connectivity index (χ0) is 80.6. The summed E-state index contributed by atoms with van der Waals surface area (Å²) in [5.74, 6) is -16.1. The zero-order valence-corrected chi connectivity index (χ0v) is 59.7. The average molecular weight is 1520 g/mol. The molecule has 0 spiro atoms.